The van der Waals surface area contributed by atoms with Crippen LogP contribution in [-0.4, -0.2) is 11.4 Å². The van der Waals surface area contributed by atoms with Crippen molar-refractivity contribution in [3.63, 3.8) is 0 Å². The molecule has 1 aromatic carbocycles. The van der Waals surface area contributed by atoms with Gasteiger partial charge in [0, 0.05) is 5.57 Å². The summed E-state index contributed by atoms with van der Waals surface area (Å²) in [5.41, 5.74) is 3.32. The van der Waals surface area contributed by atoms with Gasteiger partial charge in [-0.2, -0.15) is 0 Å². The number of carbonyl (C=O) groups is 1. The second-order valence-corrected chi connectivity index (χ2v) is 3.30. The van der Waals surface area contributed by atoms with Crippen LogP contribution in [0.2, 0.25) is 0 Å². The highest BCUT2D eigenvalue weighted by atomic mass is 16.3. The van der Waals surface area contributed by atoms with E-state index in [1.54, 1.807) is 6.08 Å². The van der Waals surface area contributed by atoms with E-state index < -0.39 is 6.10 Å². The average Bonchev–Trinajstić information content (AvgIpc) is 2.44. The third-order valence-electron chi connectivity index (χ3n) is 2.31. The van der Waals surface area contributed by atoms with Crippen LogP contribution in [0.5, 0.6) is 0 Å². The molecule has 1 aliphatic rings. The number of aryl methyl sites for hydroxylation is 1. The molecular weight excluding hydrogens is 164 g/mol. The van der Waals surface area contributed by atoms with Crippen molar-refractivity contribution in [1.29, 1.82) is 0 Å². The van der Waals surface area contributed by atoms with E-state index in [0.29, 0.717) is 11.9 Å². The fourth-order valence-electron chi connectivity index (χ4n) is 1.60. The van der Waals surface area contributed by atoms with Gasteiger partial charge in [0.2, 0.25) is 0 Å². The van der Waals surface area contributed by atoms with Gasteiger partial charge in [-0.1, -0.05) is 23.8 Å². The van der Waals surface area contributed by atoms with Crippen molar-refractivity contribution in [2.75, 3.05) is 0 Å². The summed E-state index contributed by atoms with van der Waals surface area (Å²) in [5.74, 6) is 0. The summed E-state index contributed by atoms with van der Waals surface area (Å²) in [5, 5.41) is 9.67. The van der Waals surface area contributed by atoms with Crippen LogP contribution in [-0.2, 0) is 4.79 Å². The smallest absolute Gasteiger partial charge is 0.149 e. The summed E-state index contributed by atoms with van der Waals surface area (Å²) in [6, 6.07) is 5.80. The van der Waals surface area contributed by atoms with Gasteiger partial charge < -0.3 is 5.11 Å². The Morgan fingerprint density at radius 2 is 2.23 bits per heavy atom. The molecule has 0 amide bonds. The number of carbonyl (C=O) groups excluding carboxylic acids is 1. The Bertz CT molecular complexity index is 391. The van der Waals surface area contributed by atoms with Crippen LogP contribution in [0.3, 0.4) is 0 Å². The SMILES string of the molecule is Cc1ccc2c(c1)C(O)C(C=O)=C2. The van der Waals surface area contributed by atoms with E-state index in [0.717, 1.165) is 16.7 Å². The molecule has 2 rings (SSSR count). The Morgan fingerprint density at radius 1 is 1.46 bits per heavy atom. The van der Waals surface area contributed by atoms with Crippen LogP contribution in [0, 0.1) is 6.92 Å². The molecule has 1 aliphatic carbocycles. The topological polar surface area (TPSA) is 37.3 Å². The molecule has 2 nitrogen and oxygen atoms in total. The first-order chi connectivity index (χ1) is 6.22. The van der Waals surface area contributed by atoms with Crippen LogP contribution < -0.4 is 0 Å². The van der Waals surface area contributed by atoms with Crippen molar-refractivity contribution >= 4 is 12.4 Å². The zero-order valence-corrected chi connectivity index (χ0v) is 7.32. The molecule has 1 atom stereocenters. The minimum Gasteiger partial charge on any atom is -0.384 e. The number of rotatable bonds is 1. The minimum atomic E-state index is -0.729. The van der Waals surface area contributed by atoms with E-state index in [-0.39, 0.29) is 0 Å². The number of hydrogen-bond donors (Lipinski definition) is 1. The lowest BCUT2D eigenvalue weighted by Gasteiger charge is -2.06. The van der Waals surface area contributed by atoms with Crippen LogP contribution in [0.4, 0.5) is 0 Å². The highest BCUT2D eigenvalue weighted by Crippen LogP contribution is 2.33. The summed E-state index contributed by atoms with van der Waals surface area (Å²) in [4.78, 5) is 10.5. The van der Waals surface area contributed by atoms with E-state index in [2.05, 4.69) is 0 Å². The van der Waals surface area contributed by atoms with Crippen LogP contribution in [0.15, 0.2) is 23.8 Å². The number of aliphatic hydroxyl groups is 1. The van der Waals surface area contributed by atoms with Crippen molar-refractivity contribution in [3.8, 4) is 0 Å². The summed E-state index contributed by atoms with van der Waals surface area (Å²) in [7, 11) is 0. The van der Waals surface area contributed by atoms with E-state index in [1.807, 2.05) is 25.1 Å². The predicted molar refractivity (Wildman–Crippen MR) is 50.2 cm³/mol. The first-order valence-corrected chi connectivity index (χ1v) is 4.18. The Kier molecular flexibility index (Phi) is 1.78. The molecule has 0 radical (unpaired) electrons. The van der Waals surface area contributed by atoms with Crippen molar-refractivity contribution in [2.45, 2.75) is 13.0 Å². The fourth-order valence-corrected chi connectivity index (χ4v) is 1.60. The largest absolute Gasteiger partial charge is 0.384 e. The number of hydrogen-bond acceptors (Lipinski definition) is 2. The highest BCUT2D eigenvalue weighted by Gasteiger charge is 2.22. The number of fused-ring (bicyclic) bond motifs is 1. The maximum Gasteiger partial charge on any atom is 0.149 e. The Hall–Kier alpha value is -1.41. The van der Waals surface area contributed by atoms with E-state index in [4.69, 9.17) is 0 Å². The second-order valence-electron chi connectivity index (χ2n) is 3.30. The van der Waals surface area contributed by atoms with Gasteiger partial charge in [-0.3, -0.25) is 4.79 Å². The first-order valence-electron chi connectivity index (χ1n) is 4.18. The predicted octanol–water partition coefficient (Wildman–Crippen LogP) is 1.62. The van der Waals surface area contributed by atoms with Crippen molar-refractivity contribution in [2.24, 2.45) is 0 Å². The zero-order chi connectivity index (χ0) is 9.42. The third-order valence-corrected chi connectivity index (χ3v) is 2.31. The molecule has 1 N–H and O–H groups in total. The number of aliphatic hydroxyl groups excluding tert-OH is 1. The molecule has 0 aliphatic heterocycles. The molecule has 0 fully saturated rings. The van der Waals surface area contributed by atoms with Gasteiger partial charge in [-0.25, -0.2) is 0 Å². The summed E-state index contributed by atoms with van der Waals surface area (Å²) in [6.07, 6.45) is 1.71. The zero-order valence-electron chi connectivity index (χ0n) is 7.32. The lowest BCUT2D eigenvalue weighted by atomic mass is 10.0. The van der Waals surface area contributed by atoms with Crippen molar-refractivity contribution in [1.82, 2.24) is 0 Å². The Morgan fingerprint density at radius 3 is 2.92 bits per heavy atom. The minimum absolute atomic E-state index is 0.445. The molecule has 66 valence electrons. The van der Waals surface area contributed by atoms with Gasteiger partial charge in [0.05, 0.1) is 0 Å². The normalized spacial score (nSPS) is 19.5. The summed E-state index contributed by atoms with van der Waals surface area (Å²) >= 11 is 0. The molecule has 0 bridgehead atoms. The fraction of sp³-hybridized carbons (Fsp3) is 0.182. The molecule has 1 unspecified atom stereocenters. The van der Waals surface area contributed by atoms with Crippen molar-refractivity contribution < 1.29 is 9.90 Å². The second kappa shape index (κ2) is 2.82. The highest BCUT2D eigenvalue weighted by molar-refractivity contribution is 5.87. The lowest BCUT2D eigenvalue weighted by Crippen LogP contribution is -1.97. The Balaban J connectivity index is 2.54. The molecule has 0 saturated heterocycles. The maximum absolute atomic E-state index is 10.5. The first kappa shape index (κ1) is 8.20. The summed E-state index contributed by atoms with van der Waals surface area (Å²) in [6.45, 7) is 1.96. The molecule has 2 heteroatoms. The lowest BCUT2D eigenvalue weighted by molar-refractivity contribution is -0.105. The molecular formula is C11H10O2. The van der Waals surface area contributed by atoms with E-state index in [9.17, 15) is 9.90 Å². The van der Waals surface area contributed by atoms with E-state index in [1.165, 1.54) is 0 Å². The average molecular weight is 174 g/mol. The monoisotopic (exact) mass is 174 g/mol. The molecule has 1 aromatic rings. The summed E-state index contributed by atoms with van der Waals surface area (Å²) < 4.78 is 0. The number of aldehydes is 1. The molecule has 13 heavy (non-hydrogen) atoms. The van der Waals surface area contributed by atoms with Crippen LogP contribution >= 0.6 is 0 Å². The van der Waals surface area contributed by atoms with Gasteiger partial charge in [0.25, 0.3) is 0 Å². The van der Waals surface area contributed by atoms with Crippen LogP contribution in [0.1, 0.15) is 22.8 Å². The molecule has 0 saturated carbocycles. The molecule has 0 heterocycles. The maximum atomic E-state index is 10.5. The van der Waals surface area contributed by atoms with E-state index >= 15 is 0 Å². The van der Waals surface area contributed by atoms with Crippen molar-refractivity contribution in [3.05, 3.63) is 40.5 Å². The molecule has 0 spiro atoms. The number of benzene rings is 1. The van der Waals surface area contributed by atoms with Gasteiger partial charge in [-0.05, 0) is 24.1 Å². The van der Waals surface area contributed by atoms with Gasteiger partial charge in [-0.15, -0.1) is 0 Å². The standard InChI is InChI=1S/C11H10O2/c1-7-2-3-8-5-9(6-12)11(13)10(8)4-7/h2-6,11,13H,1H3. The quantitative estimate of drug-likeness (QED) is 0.657. The van der Waals surface area contributed by atoms with Gasteiger partial charge in [0.15, 0.2) is 0 Å². The van der Waals surface area contributed by atoms with Crippen LogP contribution in [0.25, 0.3) is 6.08 Å². The van der Waals surface area contributed by atoms with Gasteiger partial charge in [0.1, 0.15) is 12.4 Å². The molecule has 0 aromatic heterocycles. The third kappa shape index (κ3) is 1.19. The van der Waals surface area contributed by atoms with Gasteiger partial charge >= 0.3 is 0 Å². The Labute approximate surface area is 76.5 Å².